The van der Waals surface area contributed by atoms with Crippen LogP contribution in [0.4, 0.5) is 11.4 Å². The van der Waals surface area contributed by atoms with Crippen molar-refractivity contribution in [2.45, 2.75) is 80.3 Å². The molecule has 14 heteroatoms. The van der Waals surface area contributed by atoms with Crippen molar-refractivity contribution in [1.29, 1.82) is 0 Å². The second-order valence-corrected chi connectivity index (χ2v) is 12.3. The number of rotatable bonds is 6. The Morgan fingerprint density at radius 3 is 1.45 bits per heavy atom. The first-order valence-corrected chi connectivity index (χ1v) is 17.8. The van der Waals surface area contributed by atoms with Crippen LogP contribution in [0.2, 0.25) is 0 Å². The van der Waals surface area contributed by atoms with Gasteiger partial charge in [-0.3, -0.25) is 15.0 Å². The molecule has 4 heterocycles. The van der Waals surface area contributed by atoms with Crippen molar-refractivity contribution in [3.63, 3.8) is 0 Å². The number of pyridine rings is 2. The van der Waals surface area contributed by atoms with Gasteiger partial charge in [-0.05, 0) is 132 Å². The molecule has 300 valence electrons. The molecule has 2 aromatic heterocycles. The van der Waals surface area contributed by atoms with Gasteiger partial charge in [0.1, 0.15) is 5.84 Å². The summed E-state index contributed by atoms with van der Waals surface area (Å²) in [5.41, 5.74) is 10.5. The fraction of sp³-hybridized carbons (Fsp3) is 0.364. The van der Waals surface area contributed by atoms with Crippen LogP contribution in [0.25, 0.3) is 5.32 Å². The van der Waals surface area contributed by atoms with E-state index >= 15 is 0 Å². The van der Waals surface area contributed by atoms with E-state index in [0.717, 1.165) is 71.4 Å². The number of hydrogen-bond donors (Lipinski definition) is 1. The molecule has 1 N–H and O–H groups in total. The predicted octanol–water partition coefficient (Wildman–Crippen LogP) is 6.09. The number of hydrogen-bond acceptors (Lipinski definition) is 6. The third kappa shape index (κ3) is 23.6. The maximum absolute atomic E-state index is 7.50. The van der Waals surface area contributed by atoms with E-state index in [9.17, 15) is 0 Å². The normalized spacial score (nSPS) is 12.1. The summed E-state index contributed by atoms with van der Waals surface area (Å²) in [5, 5.41) is 8.55. The van der Waals surface area contributed by atoms with Gasteiger partial charge in [-0.15, -0.1) is 0 Å². The third-order valence-electron chi connectivity index (χ3n) is 7.88. The molecule has 2 aliphatic rings. The Labute approximate surface area is 381 Å². The fourth-order valence-electron chi connectivity index (χ4n) is 5.60. The maximum atomic E-state index is 7.50. The number of benzene rings is 2. The van der Waals surface area contributed by atoms with Crippen LogP contribution in [-0.4, -0.2) is 48.1 Å². The van der Waals surface area contributed by atoms with Crippen molar-refractivity contribution in [1.82, 2.24) is 9.97 Å². The fourth-order valence-corrected chi connectivity index (χ4v) is 5.60. The van der Waals surface area contributed by atoms with E-state index in [1.165, 1.54) is 36.8 Å². The molecule has 12 nitrogen and oxygen atoms in total. The average molecular weight is 879 g/mol. The SMILES string of the molecule is C1CCOC1.C1CCOC1.Cc1cc(C)c(N=C([N-]Cc2ccccn2)C(=NCc2ccccn2)Nc2c(C)cc(C)cc2C)c(C)c1.[C-]#[O+].[C-]#[O+].[C-]#[O+].[C-]#[O+].[Mo].[Na+]. The first kappa shape index (κ1) is 58.6. The molecule has 0 saturated carbocycles. The molecule has 0 amide bonds. The molecule has 6 rings (SSSR count). The summed E-state index contributed by atoms with van der Waals surface area (Å²) in [6.45, 7) is 35.4. The zero-order valence-electron chi connectivity index (χ0n) is 34.6. The number of aryl methyl sites for hydroxylation is 6. The zero-order chi connectivity index (χ0) is 42.1. The van der Waals surface area contributed by atoms with Crippen molar-refractivity contribution < 1.29 is 78.7 Å². The number of aliphatic imine (C=N–C) groups is 2. The van der Waals surface area contributed by atoms with Crippen LogP contribution in [0.1, 0.15) is 70.5 Å². The van der Waals surface area contributed by atoms with Crippen molar-refractivity contribution in [3.8, 4) is 0 Å². The monoisotopic (exact) mass is 880 g/mol. The van der Waals surface area contributed by atoms with Gasteiger partial charge < -0.3 is 25.1 Å². The largest absolute Gasteiger partial charge is 1.00 e. The third-order valence-corrected chi connectivity index (χ3v) is 7.88. The zero-order valence-corrected chi connectivity index (χ0v) is 38.6. The molecule has 2 fully saturated rings. The van der Waals surface area contributed by atoms with Gasteiger partial charge in [0.15, 0.2) is 0 Å². The molecule has 2 saturated heterocycles. The smallest absolute Gasteiger partial charge is 0 e. The molecular formula is C44H51MoN6NaO6. The molecule has 2 aliphatic heterocycles. The minimum atomic E-state index is 0. The molecule has 0 aliphatic carbocycles. The molecule has 0 bridgehead atoms. The Morgan fingerprint density at radius 1 is 0.655 bits per heavy atom. The summed E-state index contributed by atoms with van der Waals surface area (Å²) in [5.74, 6) is 1.13. The van der Waals surface area contributed by atoms with Gasteiger partial charge in [-0.25, -0.2) is 0 Å². The predicted molar refractivity (Wildman–Crippen MR) is 215 cm³/mol. The summed E-state index contributed by atoms with van der Waals surface area (Å²) in [7, 11) is 0. The maximum Gasteiger partial charge on any atom is 1.00 e. The summed E-state index contributed by atoms with van der Waals surface area (Å²) in [4.78, 5) is 19.0. The van der Waals surface area contributed by atoms with Gasteiger partial charge in [-0.1, -0.05) is 47.5 Å². The molecule has 58 heavy (non-hydrogen) atoms. The number of ether oxygens (including phenoxy) is 2. The van der Waals surface area contributed by atoms with Crippen molar-refractivity contribution in [2.24, 2.45) is 9.98 Å². The molecular weight excluding hydrogens is 827 g/mol. The van der Waals surface area contributed by atoms with E-state index < -0.39 is 0 Å². The van der Waals surface area contributed by atoms with Gasteiger partial charge in [0.05, 0.1) is 12.2 Å². The molecule has 0 atom stereocenters. The van der Waals surface area contributed by atoms with Gasteiger partial charge in [0.25, 0.3) is 0 Å². The Bertz CT molecular complexity index is 1750. The average Bonchev–Trinajstić information content (AvgIpc) is 4.02. The van der Waals surface area contributed by atoms with Crippen molar-refractivity contribution in [3.05, 3.63) is 150 Å². The summed E-state index contributed by atoms with van der Waals surface area (Å²) >= 11 is 0. The number of amidine groups is 2. The first-order valence-electron chi connectivity index (χ1n) is 17.8. The van der Waals surface area contributed by atoms with E-state index in [0.29, 0.717) is 24.8 Å². The summed E-state index contributed by atoms with van der Waals surface area (Å²) in [6.07, 6.45) is 8.68. The van der Waals surface area contributed by atoms with Crippen LogP contribution in [0.15, 0.2) is 83.0 Å². The van der Waals surface area contributed by atoms with Crippen LogP contribution in [0.3, 0.4) is 0 Å². The molecule has 0 radical (unpaired) electrons. The summed E-state index contributed by atoms with van der Waals surface area (Å²) < 4.78 is 39.9. The van der Waals surface area contributed by atoms with Crippen molar-refractivity contribution in [2.75, 3.05) is 31.7 Å². The quantitative estimate of drug-likeness (QED) is 0.0811. The molecule has 2 aromatic carbocycles. The van der Waals surface area contributed by atoms with E-state index in [4.69, 9.17) is 43.4 Å². The number of nitrogens with one attached hydrogen (secondary N) is 1. The van der Waals surface area contributed by atoms with Gasteiger partial charge in [-0.2, -0.15) is 0 Å². The number of anilines is 1. The number of aromatic nitrogens is 2. The van der Waals surface area contributed by atoms with Gasteiger partial charge in [0.2, 0.25) is 0 Å². The van der Waals surface area contributed by atoms with Gasteiger partial charge in [0, 0.05) is 71.3 Å². The minimum absolute atomic E-state index is 0. The van der Waals surface area contributed by atoms with E-state index in [1.54, 1.807) is 12.4 Å². The van der Waals surface area contributed by atoms with Crippen LogP contribution in [-0.2, 0) is 62.2 Å². The Balaban J connectivity index is -0.00000127. The van der Waals surface area contributed by atoms with Crippen LogP contribution < -0.4 is 34.9 Å². The molecule has 0 unspecified atom stereocenters. The topological polar surface area (TPSA) is 175 Å². The second-order valence-electron chi connectivity index (χ2n) is 12.3. The van der Waals surface area contributed by atoms with Crippen LogP contribution in [0.5, 0.6) is 0 Å². The minimum Gasteiger partial charge on any atom is 0 e. The Kier molecular flexibility index (Phi) is 37.9. The number of nitrogens with zero attached hydrogens (tertiary/aromatic N) is 5. The molecule has 4 aromatic rings. The van der Waals surface area contributed by atoms with E-state index in [-0.39, 0.29) is 50.6 Å². The first-order chi connectivity index (χ1) is 27.3. The van der Waals surface area contributed by atoms with Crippen LogP contribution >= 0.6 is 0 Å². The summed E-state index contributed by atoms with van der Waals surface area (Å²) in [6, 6.07) is 20.3. The molecule has 0 spiro atoms. The second kappa shape index (κ2) is 37.5. The van der Waals surface area contributed by atoms with Crippen LogP contribution in [0, 0.1) is 68.1 Å². The van der Waals surface area contributed by atoms with Crippen molar-refractivity contribution >= 4 is 23.0 Å². The standard InChI is InChI=1S/C32H35N6.2C4H8O.4CO.Mo.Na/c1-21-15-23(3)29(24(4)16-21)37-31(35-19-27-11-7-9-13-33-27)32(36-20-28-12-8-10-14-34-28)38-30-25(5)17-22(2)18-26(30)6;2*1-2-4-5-3-1;4*1-2;;/h7-18H,19-20H2,1-6H3,(H-,35,36,37,38);2*1-4H2;;;;;;/q-1;;;;;;;;+1. The van der Waals surface area contributed by atoms with Gasteiger partial charge >= 0.3 is 74.8 Å². The Hall–Kier alpha value is -3.75. The Morgan fingerprint density at radius 2 is 1.07 bits per heavy atom. The van der Waals surface area contributed by atoms with E-state index in [2.05, 4.69) is 108 Å². The van der Waals surface area contributed by atoms with E-state index in [1.807, 2.05) is 36.4 Å².